The maximum Gasteiger partial charge on any atom is 0.247 e. The predicted octanol–water partition coefficient (Wildman–Crippen LogP) is 4.49. The maximum absolute atomic E-state index is 5.23. The molecule has 0 aliphatic carbocycles. The van der Waals surface area contributed by atoms with Gasteiger partial charge in [-0.3, -0.25) is 4.98 Å². The first-order valence-corrected chi connectivity index (χ1v) is 8.90. The van der Waals surface area contributed by atoms with E-state index >= 15 is 0 Å². The molecule has 0 radical (unpaired) electrons. The van der Waals surface area contributed by atoms with Gasteiger partial charge in [0, 0.05) is 21.3 Å². The van der Waals surface area contributed by atoms with Crippen molar-refractivity contribution in [3.05, 3.63) is 60.2 Å². The Morgan fingerprint density at radius 2 is 2.04 bits per heavy atom. The number of methoxy groups -OCH3 is 1. The summed E-state index contributed by atoms with van der Waals surface area (Å²) in [6.07, 6.45) is 5.70. The molecule has 0 aliphatic rings. The van der Waals surface area contributed by atoms with Crippen LogP contribution < -0.4 is 5.32 Å². The molecule has 1 aromatic carbocycles. The van der Waals surface area contributed by atoms with E-state index in [0.717, 1.165) is 36.5 Å². The van der Waals surface area contributed by atoms with Gasteiger partial charge in [0.2, 0.25) is 5.95 Å². The topological polar surface area (TPSA) is 64.9 Å². The molecule has 0 aliphatic heterocycles. The van der Waals surface area contributed by atoms with Crippen molar-refractivity contribution in [2.24, 2.45) is 0 Å². The molecule has 0 bridgehead atoms. The number of anilines is 2. The minimum absolute atomic E-state index is 0. The fraction of sp³-hybridized carbons (Fsp3) is 0.350. The number of ether oxygens (including phenoxy) is 1. The van der Waals surface area contributed by atoms with Gasteiger partial charge in [-0.2, -0.15) is 4.98 Å². The summed E-state index contributed by atoms with van der Waals surface area (Å²) in [5.74, 6) is 0.985. The van der Waals surface area contributed by atoms with Gasteiger partial charge in [-0.15, -0.1) is 5.10 Å². The van der Waals surface area contributed by atoms with Crippen LogP contribution in [0.3, 0.4) is 0 Å². The normalized spacial score (nSPS) is 12.1. The minimum Gasteiger partial charge on any atom is -0.385 e. The first-order chi connectivity index (χ1) is 12.7. The fourth-order valence-corrected chi connectivity index (χ4v) is 2.91. The lowest BCUT2D eigenvalue weighted by molar-refractivity contribution is 0.187. The Morgan fingerprint density at radius 3 is 2.77 bits per heavy atom. The molecule has 6 nitrogen and oxygen atoms in total. The zero-order chi connectivity index (χ0) is 18.4. The van der Waals surface area contributed by atoms with Gasteiger partial charge in [-0.1, -0.05) is 25.1 Å². The summed E-state index contributed by atoms with van der Waals surface area (Å²) in [5.41, 5.74) is 4.04. The van der Waals surface area contributed by atoms with Gasteiger partial charge in [-0.05, 0) is 49.4 Å². The molecule has 2 heterocycles. The Bertz CT molecular complexity index is 837. The molecule has 1 unspecified atom stereocenters. The molecule has 26 heavy (non-hydrogen) atoms. The van der Waals surface area contributed by atoms with Gasteiger partial charge in [0.05, 0.1) is 17.1 Å². The summed E-state index contributed by atoms with van der Waals surface area (Å²) in [6.45, 7) is 4.92. The Kier molecular flexibility index (Phi) is 5.96. The van der Waals surface area contributed by atoms with Crippen molar-refractivity contribution in [2.45, 2.75) is 32.6 Å². The molecule has 3 rings (SSSR count). The van der Waals surface area contributed by atoms with Crippen LogP contribution in [0.15, 0.2) is 48.9 Å². The average Bonchev–Trinajstić information content (AvgIpc) is 3.14. The van der Waals surface area contributed by atoms with Crippen molar-refractivity contribution < 1.29 is 6.16 Å². The van der Waals surface area contributed by atoms with Crippen LogP contribution in [0.4, 0.5) is 11.6 Å². The van der Waals surface area contributed by atoms with E-state index in [4.69, 9.17) is 4.74 Å². The fourth-order valence-electron chi connectivity index (χ4n) is 2.91. The summed E-state index contributed by atoms with van der Waals surface area (Å²) >= 11 is 0. The molecule has 0 saturated heterocycles. The monoisotopic (exact) mass is 353 g/mol. The third-order valence-corrected chi connectivity index (χ3v) is 4.50. The SMILES string of the molecule is CCC(CCOC)c1cnc(C)c(Nc2ncn(-c3ccccc3)n2)c1.[HH]. The van der Waals surface area contributed by atoms with E-state index in [1.54, 1.807) is 18.1 Å². The molecule has 1 N–H and O–H groups in total. The molecule has 0 amide bonds. The van der Waals surface area contributed by atoms with Crippen LogP contribution in [-0.4, -0.2) is 33.5 Å². The van der Waals surface area contributed by atoms with Gasteiger partial charge < -0.3 is 10.1 Å². The predicted molar refractivity (Wildman–Crippen MR) is 105 cm³/mol. The summed E-state index contributed by atoms with van der Waals surface area (Å²) in [7, 11) is 1.74. The van der Waals surface area contributed by atoms with E-state index in [0.29, 0.717) is 11.9 Å². The van der Waals surface area contributed by atoms with Gasteiger partial charge in [0.25, 0.3) is 0 Å². The number of aryl methyl sites for hydroxylation is 1. The Morgan fingerprint density at radius 1 is 1.23 bits per heavy atom. The molecule has 0 saturated carbocycles. The third-order valence-electron chi connectivity index (χ3n) is 4.50. The molecule has 138 valence electrons. The highest BCUT2D eigenvalue weighted by Gasteiger charge is 2.13. The zero-order valence-corrected chi connectivity index (χ0v) is 15.5. The quantitative estimate of drug-likeness (QED) is 0.646. The van der Waals surface area contributed by atoms with Crippen LogP contribution in [0.5, 0.6) is 0 Å². The first kappa shape index (κ1) is 18.1. The van der Waals surface area contributed by atoms with Gasteiger partial charge in [0.1, 0.15) is 6.33 Å². The van der Waals surface area contributed by atoms with Gasteiger partial charge >= 0.3 is 0 Å². The lowest BCUT2D eigenvalue weighted by Crippen LogP contribution is -2.05. The van der Waals surface area contributed by atoms with Crippen LogP contribution in [0.25, 0.3) is 5.69 Å². The Labute approximate surface area is 155 Å². The van der Waals surface area contributed by atoms with Crippen molar-refractivity contribution in [3.63, 3.8) is 0 Å². The average molecular weight is 353 g/mol. The second-order valence-corrected chi connectivity index (χ2v) is 6.26. The highest BCUT2D eigenvalue weighted by molar-refractivity contribution is 5.57. The number of hydrogen-bond acceptors (Lipinski definition) is 5. The number of para-hydroxylation sites is 1. The summed E-state index contributed by atoms with van der Waals surface area (Å²) in [4.78, 5) is 8.92. The zero-order valence-electron chi connectivity index (χ0n) is 15.5. The van der Waals surface area contributed by atoms with Crippen molar-refractivity contribution in [1.82, 2.24) is 19.7 Å². The number of aromatic nitrogens is 4. The molecule has 2 aromatic heterocycles. The van der Waals surface area contributed by atoms with E-state index < -0.39 is 0 Å². The van der Waals surface area contributed by atoms with E-state index in [-0.39, 0.29) is 1.43 Å². The maximum atomic E-state index is 5.23. The van der Waals surface area contributed by atoms with E-state index in [1.807, 2.05) is 43.5 Å². The second-order valence-electron chi connectivity index (χ2n) is 6.26. The molecule has 6 heteroatoms. The third kappa shape index (κ3) is 4.26. The van der Waals surface area contributed by atoms with E-state index in [1.165, 1.54) is 5.56 Å². The van der Waals surface area contributed by atoms with Gasteiger partial charge in [0.15, 0.2) is 0 Å². The number of hydrogen-bond donors (Lipinski definition) is 1. The van der Waals surface area contributed by atoms with Gasteiger partial charge in [-0.25, -0.2) is 4.68 Å². The highest BCUT2D eigenvalue weighted by atomic mass is 16.5. The molecule has 3 aromatic rings. The molecular formula is C20H27N5O. The Balaban J connectivity index is 0.00000261. The summed E-state index contributed by atoms with van der Waals surface area (Å²) in [5, 5.41) is 7.81. The lowest BCUT2D eigenvalue weighted by atomic mass is 9.94. The van der Waals surface area contributed by atoms with Crippen LogP contribution in [0, 0.1) is 6.92 Å². The number of benzene rings is 1. The Hall–Kier alpha value is -2.73. The number of rotatable bonds is 8. The number of nitrogens with one attached hydrogen (secondary N) is 1. The van der Waals surface area contributed by atoms with Crippen LogP contribution in [0.2, 0.25) is 0 Å². The summed E-state index contributed by atoms with van der Waals surface area (Å²) < 4.78 is 6.98. The van der Waals surface area contributed by atoms with Crippen LogP contribution in [0.1, 0.15) is 38.4 Å². The lowest BCUT2D eigenvalue weighted by Gasteiger charge is -2.16. The standard InChI is InChI=1S/C20H25N5O.H2/c1-4-16(10-11-26-3)17-12-19(15(2)21-13-17)23-20-22-14-25(24-20)18-8-6-5-7-9-18;/h5-9,12-14,16H,4,10-11H2,1-3H3,(H,23,24);1H. The molecule has 0 fully saturated rings. The minimum atomic E-state index is 0. The molecular weight excluding hydrogens is 326 g/mol. The summed E-state index contributed by atoms with van der Waals surface area (Å²) in [6, 6.07) is 12.1. The van der Waals surface area contributed by atoms with Crippen molar-refractivity contribution >= 4 is 11.6 Å². The first-order valence-electron chi connectivity index (χ1n) is 8.90. The van der Waals surface area contributed by atoms with Crippen LogP contribution in [-0.2, 0) is 4.74 Å². The smallest absolute Gasteiger partial charge is 0.247 e. The molecule has 1 atom stereocenters. The van der Waals surface area contributed by atoms with Crippen LogP contribution >= 0.6 is 0 Å². The highest BCUT2D eigenvalue weighted by Crippen LogP contribution is 2.27. The van der Waals surface area contributed by atoms with Crippen molar-refractivity contribution in [3.8, 4) is 5.69 Å². The van der Waals surface area contributed by atoms with E-state index in [9.17, 15) is 0 Å². The largest absolute Gasteiger partial charge is 0.385 e. The van der Waals surface area contributed by atoms with Crippen molar-refractivity contribution in [2.75, 3.05) is 19.0 Å². The second kappa shape index (κ2) is 8.58. The van der Waals surface area contributed by atoms with E-state index in [2.05, 4.69) is 33.4 Å². The number of pyridine rings is 1. The van der Waals surface area contributed by atoms with Crippen molar-refractivity contribution in [1.29, 1.82) is 0 Å². The molecule has 0 spiro atoms. The number of nitrogens with zero attached hydrogens (tertiary/aromatic N) is 4.